The van der Waals surface area contributed by atoms with E-state index in [1.165, 1.54) is 0 Å². The van der Waals surface area contributed by atoms with Gasteiger partial charge in [-0.15, -0.1) is 11.6 Å². The summed E-state index contributed by atoms with van der Waals surface area (Å²) in [6.45, 7) is 2.78. The molecular weight excluding hydrogens is 250 g/mol. The lowest BCUT2D eigenvalue weighted by Gasteiger charge is -2.34. The van der Waals surface area contributed by atoms with Gasteiger partial charge in [0.15, 0.2) is 0 Å². The van der Waals surface area contributed by atoms with E-state index in [1.807, 2.05) is 0 Å². The van der Waals surface area contributed by atoms with Gasteiger partial charge in [0.2, 0.25) is 0 Å². The molecule has 0 aromatic rings. The molecule has 1 fully saturated rings. The van der Waals surface area contributed by atoms with E-state index in [0.29, 0.717) is 19.6 Å². The normalized spacial score (nSPS) is 20.6. The van der Waals surface area contributed by atoms with E-state index in [1.54, 1.807) is 23.6 Å². The van der Waals surface area contributed by atoms with Gasteiger partial charge in [-0.2, -0.15) is 11.8 Å². The fraction of sp³-hybridized carbons (Fsp3) is 0.800. The minimum Gasteiger partial charge on any atom is -0.450 e. The Morgan fingerprint density at radius 3 is 2.94 bits per heavy atom. The number of ether oxygens (including phenoxy) is 1. The summed E-state index contributed by atoms with van der Waals surface area (Å²) in [5.41, 5.74) is 0. The monoisotopic (exact) mass is 265 g/mol. The number of rotatable bonds is 4. The van der Waals surface area contributed by atoms with Crippen molar-refractivity contribution in [1.29, 1.82) is 0 Å². The van der Waals surface area contributed by atoms with Crippen molar-refractivity contribution < 1.29 is 14.3 Å². The highest BCUT2D eigenvalue weighted by Gasteiger charge is 2.29. The van der Waals surface area contributed by atoms with E-state index < -0.39 is 0 Å². The molecule has 0 aromatic carbocycles. The van der Waals surface area contributed by atoms with E-state index in [-0.39, 0.29) is 23.8 Å². The third kappa shape index (κ3) is 3.87. The predicted molar refractivity (Wildman–Crippen MR) is 65.2 cm³/mol. The summed E-state index contributed by atoms with van der Waals surface area (Å²) in [6, 6.07) is -0.0657. The number of hydrogen-bond acceptors (Lipinski definition) is 4. The topological polar surface area (TPSA) is 46.6 Å². The van der Waals surface area contributed by atoms with E-state index in [4.69, 9.17) is 16.3 Å². The Hall–Kier alpha value is -0.420. The fourth-order valence-electron chi connectivity index (χ4n) is 1.59. The van der Waals surface area contributed by atoms with Gasteiger partial charge < -0.3 is 9.64 Å². The number of ketones is 1. The van der Waals surface area contributed by atoms with Crippen LogP contribution in [-0.4, -0.2) is 53.4 Å². The van der Waals surface area contributed by atoms with Gasteiger partial charge in [0.1, 0.15) is 5.78 Å². The van der Waals surface area contributed by atoms with Crippen LogP contribution in [-0.2, 0) is 9.53 Å². The zero-order valence-corrected chi connectivity index (χ0v) is 10.9. The molecule has 1 aliphatic heterocycles. The Balaban J connectivity index is 2.56. The summed E-state index contributed by atoms with van der Waals surface area (Å²) >= 11 is 7.22. The maximum Gasteiger partial charge on any atom is 0.410 e. The Labute approximate surface area is 105 Å². The first kappa shape index (κ1) is 13.6. The number of thioether (sulfide) groups is 1. The van der Waals surface area contributed by atoms with Crippen LogP contribution in [0.3, 0.4) is 0 Å². The first-order valence-electron chi connectivity index (χ1n) is 5.27. The van der Waals surface area contributed by atoms with Gasteiger partial charge in [-0.05, 0) is 6.92 Å². The summed E-state index contributed by atoms with van der Waals surface area (Å²) in [5, 5.41) is 0. The van der Waals surface area contributed by atoms with Gasteiger partial charge in [0, 0.05) is 24.5 Å². The summed E-state index contributed by atoms with van der Waals surface area (Å²) in [6.07, 6.45) is 0.00477. The molecule has 6 heteroatoms. The summed E-state index contributed by atoms with van der Waals surface area (Å²) in [5.74, 6) is 1.66. The van der Waals surface area contributed by atoms with Gasteiger partial charge in [-0.25, -0.2) is 4.79 Å². The number of Topliss-reactive ketones (excluding diaryl/α,β-unsaturated/α-hetero) is 1. The zero-order valence-electron chi connectivity index (χ0n) is 9.28. The van der Waals surface area contributed by atoms with E-state index >= 15 is 0 Å². The van der Waals surface area contributed by atoms with Crippen LogP contribution in [0.2, 0.25) is 0 Å². The number of amides is 1. The molecule has 4 nitrogen and oxygen atoms in total. The minimum absolute atomic E-state index is 0.0117. The minimum atomic E-state index is -0.324. The summed E-state index contributed by atoms with van der Waals surface area (Å²) < 4.78 is 4.96. The van der Waals surface area contributed by atoms with Crippen molar-refractivity contribution in [3.8, 4) is 0 Å². The third-order valence-electron chi connectivity index (χ3n) is 2.34. The first-order chi connectivity index (χ1) is 7.69. The van der Waals surface area contributed by atoms with Gasteiger partial charge >= 0.3 is 6.09 Å². The lowest BCUT2D eigenvalue weighted by Crippen LogP contribution is -2.47. The molecule has 16 heavy (non-hydrogen) atoms. The molecule has 0 radical (unpaired) electrons. The molecule has 1 aliphatic rings. The molecule has 1 unspecified atom stereocenters. The average molecular weight is 266 g/mol. The van der Waals surface area contributed by atoms with Crippen molar-refractivity contribution in [2.45, 2.75) is 19.4 Å². The first-order valence-corrected chi connectivity index (χ1v) is 6.96. The number of halogens is 1. The van der Waals surface area contributed by atoms with Crippen LogP contribution in [0.1, 0.15) is 13.3 Å². The van der Waals surface area contributed by atoms with Gasteiger partial charge in [-0.3, -0.25) is 4.79 Å². The zero-order chi connectivity index (χ0) is 12.0. The summed E-state index contributed by atoms with van der Waals surface area (Å²) in [7, 11) is 0. The average Bonchev–Trinajstić information content (AvgIpc) is 2.30. The molecule has 1 saturated heterocycles. The second-order valence-electron chi connectivity index (χ2n) is 3.50. The highest BCUT2D eigenvalue weighted by Crippen LogP contribution is 2.20. The molecule has 1 atom stereocenters. The predicted octanol–water partition coefficient (Wildman–Crippen LogP) is 1.76. The molecule has 92 valence electrons. The number of hydrogen-bond donors (Lipinski definition) is 0. The lowest BCUT2D eigenvalue weighted by atomic mass is 10.1. The molecule has 0 saturated carbocycles. The van der Waals surface area contributed by atoms with Crippen molar-refractivity contribution in [2.75, 3.05) is 30.5 Å². The second kappa shape index (κ2) is 7.01. The van der Waals surface area contributed by atoms with E-state index in [9.17, 15) is 9.59 Å². The van der Waals surface area contributed by atoms with Gasteiger partial charge in [0.25, 0.3) is 0 Å². The Morgan fingerprint density at radius 2 is 2.31 bits per heavy atom. The standard InChI is InChI=1S/C10H16ClNO3S/c1-2-15-10(14)12-3-4-16-7-8(12)5-9(13)6-11/h8H,2-7H2,1H3. The van der Waals surface area contributed by atoms with Crippen LogP contribution >= 0.6 is 23.4 Å². The van der Waals surface area contributed by atoms with Crippen LogP contribution in [0, 0.1) is 0 Å². The number of nitrogens with zero attached hydrogens (tertiary/aromatic N) is 1. The smallest absolute Gasteiger partial charge is 0.410 e. The molecule has 1 amide bonds. The molecule has 1 rings (SSSR count). The fourth-order valence-corrected chi connectivity index (χ4v) is 2.76. The number of carbonyl (C=O) groups excluding carboxylic acids is 2. The highest BCUT2D eigenvalue weighted by molar-refractivity contribution is 7.99. The number of alkyl halides is 1. The van der Waals surface area contributed by atoms with Crippen molar-refractivity contribution in [3.05, 3.63) is 0 Å². The maximum absolute atomic E-state index is 11.6. The van der Waals surface area contributed by atoms with Crippen LogP contribution in [0.15, 0.2) is 0 Å². The quantitative estimate of drug-likeness (QED) is 0.727. The van der Waals surface area contributed by atoms with Crippen LogP contribution in [0.25, 0.3) is 0 Å². The second-order valence-corrected chi connectivity index (χ2v) is 4.91. The van der Waals surface area contributed by atoms with Crippen molar-refractivity contribution in [1.82, 2.24) is 4.90 Å². The number of carbonyl (C=O) groups is 2. The lowest BCUT2D eigenvalue weighted by molar-refractivity contribution is -0.117. The van der Waals surface area contributed by atoms with Crippen molar-refractivity contribution in [3.63, 3.8) is 0 Å². The largest absolute Gasteiger partial charge is 0.450 e. The molecule has 0 aliphatic carbocycles. The highest BCUT2D eigenvalue weighted by atomic mass is 35.5. The summed E-state index contributed by atoms with van der Waals surface area (Å²) in [4.78, 5) is 24.6. The van der Waals surface area contributed by atoms with Gasteiger partial charge in [0.05, 0.1) is 18.5 Å². The Morgan fingerprint density at radius 1 is 1.56 bits per heavy atom. The van der Waals surface area contributed by atoms with Crippen LogP contribution < -0.4 is 0 Å². The molecule has 0 aromatic heterocycles. The Kier molecular flexibility index (Phi) is 5.98. The van der Waals surface area contributed by atoms with E-state index in [2.05, 4.69) is 0 Å². The van der Waals surface area contributed by atoms with E-state index in [0.717, 1.165) is 11.5 Å². The van der Waals surface area contributed by atoms with Crippen molar-refractivity contribution >= 4 is 35.2 Å². The Bertz CT molecular complexity index is 262. The van der Waals surface area contributed by atoms with Crippen LogP contribution in [0.5, 0.6) is 0 Å². The molecule has 0 N–H and O–H groups in total. The maximum atomic E-state index is 11.6. The van der Waals surface area contributed by atoms with Crippen LogP contribution in [0.4, 0.5) is 4.79 Å². The molecule has 1 heterocycles. The SMILES string of the molecule is CCOC(=O)N1CCSCC1CC(=O)CCl. The van der Waals surface area contributed by atoms with Crippen molar-refractivity contribution in [2.24, 2.45) is 0 Å². The van der Waals surface area contributed by atoms with Gasteiger partial charge in [-0.1, -0.05) is 0 Å². The molecule has 0 bridgehead atoms. The third-order valence-corrected chi connectivity index (χ3v) is 3.73. The molecular formula is C10H16ClNO3S. The molecule has 0 spiro atoms.